The van der Waals surface area contributed by atoms with Crippen molar-refractivity contribution in [1.82, 2.24) is 4.98 Å². The molecule has 1 aromatic rings. The van der Waals surface area contributed by atoms with Crippen LogP contribution in [0.2, 0.25) is 0 Å². The van der Waals surface area contributed by atoms with Gasteiger partial charge in [-0.3, -0.25) is 4.79 Å². The summed E-state index contributed by atoms with van der Waals surface area (Å²) < 4.78 is 0. The monoisotopic (exact) mass is 177 g/mol. The first-order valence-electron chi connectivity index (χ1n) is 4.91. The largest absolute Gasteiger partial charge is 0.326 e. The van der Waals surface area contributed by atoms with Crippen molar-refractivity contribution in [3.05, 3.63) is 32.7 Å². The van der Waals surface area contributed by atoms with E-state index in [1.807, 2.05) is 6.92 Å². The van der Waals surface area contributed by atoms with Crippen LogP contribution in [0.15, 0.2) is 4.79 Å². The summed E-state index contributed by atoms with van der Waals surface area (Å²) in [6.45, 7) is 4.08. The number of aryl methyl sites for hydroxylation is 1. The van der Waals surface area contributed by atoms with Gasteiger partial charge in [-0.1, -0.05) is 0 Å². The molecular weight excluding hydrogens is 162 g/mol. The third kappa shape index (κ3) is 1.30. The molecule has 2 nitrogen and oxygen atoms in total. The Kier molecular flexibility index (Phi) is 1.98. The first-order valence-corrected chi connectivity index (χ1v) is 4.91. The molecule has 1 N–H and O–H groups in total. The van der Waals surface area contributed by atoms with Gasteiger partial charge in [0.1, 0.15) is 0 Å². The molecule has 0 unspecified atom stereocenters. The second-order valence-electron chi connectivity index (χ2n) is 3.87. The molecule has 0 radical (unpaired) electrons. The normalized spacial score (nSPS) is 15.5. The molecule has 0 saturated heterocycles. The smallest absolute Gasteiger partial charge is 0.251 e. The van der Waals surface area contributed by atoms with E-state index in [2.05, 4.69) is 11.9 Å². The van der Waals surface area contributed by atoms with Crippen molar-refractivity contribution >= 4 is 0 Å². The van der Waals surface area contributed by atoms with Gasteiger partial charge in [-0.25, -0.2) is 0 Å². The summed E-state index contributed by atoms with van der Waals surface area (Å²) in [6, 6.07) is 0. The molecule has 1 aromatic heterocycles. The van der Waals surface area contributed by atoms with E-state index in [0.717, 1.165) is 24.1 Å². The third-order valence-corrected chi connectivity index (χ3v) is 3.06. The lowest BCUT2D eigenvalue weighted by Crippen LogP contribution is -2.21. The maximum absolute atomic E-state index is 11.6. The zero-order chi connectivity index (χ0) is 9.42. The third-order valence-electron chi connectivity index (χ3n) is 3.06. The zero-order valence-corrected chi connectivity index (χ0v) is 8.24. The van der Waals surface area contributed by atoms with E-state index in [1.165, 1.54) is 24.0 Å². The standard InChI is InChI=1S/C11H15NO/c1-7-8(2)12-11(13)10-6-4-3-5-9(7)10/h3-6H2,1-2H3,(H,12,13). The van der Waals surface area contributed by atoms with Gasteiger partial charge in [0.25, 0.3) is 5.56 Å². The van der Waals surface area contributed by atoms with E-state index >= 15 is 0 Å². The van der Waals surface area contributed by atoms with Gasteiger partial charge in [-0.15, -0.1) is 0 Å². The predicted octanol–water partition coefficient (Wildman–Crippen LogP) is 1.87. The summed E-state index contributed by atoms with van der Waals surface area (Å²) in [7, 11) is 0. The van der Waals surface area contributed by atoms with Crippen molar-refractivity contribution in [2.45, 2.75) is 39.5 Å². The molecular formula is C11H15NO. The van der Waals surface area contributed by atoms with E-state index in [9.17, 15) is 4.79 Å². The van der Waals surface area contributed by atoms with E-state index in [-0.39, 0.29) is 5.56 Å². The van der Waals surface area contributed by atoms with Gasteiger partial charge in [0.2, 0.25) is 0 Å². The summed E-state index contributed by atoms with van der Waals surface area (Å²) in [6.07, 6.45) is 4.45. The number of aromatic amines is 1. The molecule has 0 aromatic carbocycles. The molecule has 1 aliphatic carbocycles. The van der Waals surface area contributed by atoms with Crippen molar-refractivity contribution in [2.75, 3.05) is 0 Å². The molecule has 1 aliphatic rings. The zero-order valence-electron chi connectivity index (χ0n) is 8.24. The molecule has 70 valence electrons. The van der Waals surface area contributed by atoms with Gasteiger partial charge in [0.15, 0.2) is 0 Å². The number of nitrogens with one attached hydrogen (secondary N) is 1. The lowest BCUT2D eigenvalue weighted by Gasteiger charge is -2.18. The van der Waals surface area contributed by atoms with E-state index in [0.29, 0.717) is 0 Å². The number of H-pyrrole nitrogens is 1. The number of rotatable bonds is 0. The minimum atomic E-state index is 0.137. The van der Waals surface area contributed by atoms with Gasteiger partial charge >= 0.3 is 0 Å². The molecule has 0 amide bonds. The maximum Gasteiger partial charge on any atom is 0.251 e. The number of hydrogen-bond donors (Lipinski definition) is 1. The van der Waals surface area contributed by atoms with Gasteiger partial charge < -0.3 is 4.98 Å². The Morgan fingerprint density at radius 1 is 1.08 bits per heavy atom. The fraction of sp³-hybridized carbons (Fsp3) is 0.545. The van der Waals surface area contributed by atoms with Gasteiger partial charge in [-0.05, 0) is 50.7 Å². The lowest BCUT2D eigenvalue weighted by molar-refractivity contribution is 0.670. The fourth-order valence-corrected chi connectivity index (χ4v) is 2.14. The number of hydrogen-bond acceptors (Lipinski definition) is 1. The summed E-state index contributed by atoms with van der Waals surface area (Å²) in [5.74, 6) is 0. The van der Waals surface area contributed by atoms with Gasteiger partial charge in [0.05, 0.1) is 0 Å². The molecule has 0 spiro atoms. The molecule has 2 rings (SSSR count). The van der Waals surface area contributed by atoms with Crippen molar-refractivity contribution in [3.8, 4) is 0 Å². The average molecular weight is 177 g/mol. The van der Waals surface area contributed by atoms with Crippen LogP contribution in [0.5, 0.6) is 0 Å². The highest BCUT2D eigenvalue weighted by molar-refractivity contribution is 5.36. The molecule has 0 atom stereocenters. The first-order chi connectivity index (χ1) is 6.20. The van der Waals surface area contributed by atoms with Crippen LogP contribution in [0.25, 0.3) is 0 Å². The minimum absolute atomic E-state index is 0.137. The second-order valence-corrected chi connectivity index (χ2v) is 3.87. The Hall–Kier alpha value is -1.05. The van der Waals surface area contributed by atoms with Crippen molar-refractivity contribution in [1.29, 1.82) is 0 Å². The van der Waals surface area contributed by atoms with Crippen LogP contribution in [-0.2, 0) is 12.8 Å². The minimum Gasteiger partial charge on any atom is -0.326 e. The Morgan fingerprint density at radius 2 is 1.69 bits per heavy atom. The van der Waals surface area contributed by atoms with Gasteiger partial charge in [-0.2, -0.15) is 0 Å². The molecule has 0 saturated carbocycles. The number of pyridine rings is 1. The van der Waals surface area contributed by atoms with Crippen molar-refractivity contribution < 1.29 is 0 Å². The van der Waals surface area contributed by atoms with Crippen LogP contribution >= 0.6 is 0 Å². The van der Waals surface area contributed by atoms with Crippen LogP contribution in [0.1, 0.15) is 35.2 Å². The quantitative estimate of drug-likeness (QED) is 0.644. The van der Waals surface area contributed by atoms with Crippen LogP contribution in [-0.4, -0.2) is 4.98 Å². The molecule has 0 fully saturated rings. The average Bonchev–Trinajstić information content (AvgIpc) is 2.15. The Balaban J connectivity index is 2.70. The lowest BCUT2D eigenvalue weighted by atomic mass is 9.89. The highest BCUT2D eigenvalue weighted by Crippen LogP contribution is 2.21. The molecule has 0 bridgehead atoms. The topological polar surface area (TPSA) is 32.9 Å². The van der Waals surface area contributed by atoms with Crippen LogP contribution < -0.4 is 5.56 Å². The molecule has 13 heavy (non-hydrogen) atoms. The van der Waals surface area contributed by atoms with Gasteiger partial charge in [0, 0.05) is 11.3 Å². The van der Waals surface area contributed by atoms with Crippen LogP contribution in [0.4, 0.5) is 0 Å². The maximum atomic E-state index is 11.6. The van der Waals surface area contributed by atoms with Crippen molar-refractivity contribution in [3.63, 3.8) is 0 Å². The Labute approximate surface area is 78.0 Å². The number of fused-ring (bicyclic) bond motifs is 1. The molecule has 2 heteroatoms. The Morgan fingerprint density at radius 3 is 2.38 bits per heavy atom. The summed E-state index contributed by atoms with van der Waals surface area (Å²) in [5.41, 5.74) is 4.81. The molecule has 0 aliphatic heterocycles. The Bertz CT molecular complexity index is 390. The summed E-state index contributed by atoms with van der Waals surface area (Å²) >= 11 is 0. The van der Waals surface area contributed by atoms with E-state index in [1.54, 1.807) is 0 Å². The predicted molar refractivity (Wildman–Crippen MR) is 53.2 cm³/mol. The van der Waals surface area contributed by atoms with Crippen LogP contribution in [0, 0.1) is 13.8 Å². The van der Waals surface area contributed by atoms with E-state index in [4.69, 9.17) is 0 Å². The molecule has 1 heterocycles. The SMILES string of the molecule is Cc1[nH]c(=O)c2c(c1C)CCCC2. The fourth-order valence-electron chi connectivity index (χ4n) is 2.14. The van der Waals surface area contributed by atoms with Crippen LogP contribution in [0.3, 0.4) is 0 Å². The second kappa shape index (κ2) is 3.02. The van der Waals surface area contributed by atoms with Crippen molar-refractivity contribution in [2.24, 2.45) is 0 Å². The summed E-state index contributed by atoms with van der Waals surface area (Å²) in [4.78, 5) is 14.5. The summed E-state index contributed by atoms with van der Waals surface area (Å²) in [5, 5.41) is 0. The number of aromatic nitrogens is 1. The highest BCUT2D eigenvalue weighted by Gasteiger charge is 2.15. The van der Waals surface area contributed by atoms with E-state index < -0.39 is 0 Å². The first kappa shape index (κ1) is 8.54. The highest BCUT2D eigenvalue weighted by atomic mass is 16.1.